The summed E-state index contributed by atoms with van der Waals surface area (Å²) in [5.41, 5.74) is 6.02. The number of hydrogen-bond acceptors (Lipinski definition) is 3. The molecule has 4 nitrogen and oxygen atoms in total. The van der Waals surface area contributed by atoms with Crippen molar-refractivity contribution in [3.63, 3.8) is 0 Å². The van der Waals surface area contributed by atoms with Crippen molar-refractivity contribution in [3.05, 3.63) is 48.0 Å². The van der Waals surface area contributed by atoms with Crippen LogP contribution in [0.4, 0.5) is 4.39 Å². The predicted molar refractivity (Wildman–Crippen MR) is 81.8 cm³/mol. The van der Waals surface area contributed by atoms with Crippen LogP contribution in [-0.2, 0) is 0 Å². The summed E-state index contributed by atoms with van der Waals surface area (Å²) >= 11 is 0. The molecule has 0 unspecified atom stereocenters. The smallest absolute Gasteiger partial charge is 0.289 e. The molecule has 2 heterocycles. The van der Waals surface area contributed by atoms with E-state index < -0.39 is 0 Å². The maximum Gasteiger partial charge on any atom is 0.289 e. The number of carbonyl (C=O) groups excluding carboxylic acids is 1. The van der Waals surface area contributed by atoms with Crippen molar-refractivity contribution in [3.8, 4) is 11.3 Å². The number of carbonyl (C=O) groups is 1. The third kappa shape index (κ3) is 2.90. The first-order valence-electron chi connectivity index (χ1n) is 7.53. The van der Waals surface area contributed by atoms with Gasteiger partial charge >= 0.3 is 0 Å². The number of rotatable bonds is 3. The summed E-state index contributed by atoms with van der Waals surface area (Å²) in [7, 11) is 0. The molecule has 1 aliphatic rings. The average Bonchev–Trinajstić information content (AvgIpc) is 3.04. The van der Waals surface area contributed by atoms with Gasteiger partial charge in [-0.1, -0.05) is 12.1 Å². The first kappa shape index (κ1) is 14.8. The fourth-order valence-corrected chi connectivity index (χ4v) is 2.79. The number of hydrogen-bond donors (Lipinski definition) is 1. The third-order valence-electron chi connectivity index (χ3n) is 4.19. The van der Waals surface area contributed by atoms with Crippen LogP contribution in [-0.4, -0.2) is 30.4 Å². The minimum atomic E-state index is -0.361. The third-order valence-corrected chi connectivity index (χ3v) is 4.19. The van der Waals surface area contributed by atoms with E-state index in [1.807, 2.05) is 0 Å². The number of likely N-dealkylation sites (tertiary alicyclic amines) is 1. The summed E-state index contributed by atoms with van der Waals surface area (Å²) in [5.74, 6) is 0.620. The highest BCUT2D eigenvalue weighted by atomic mass is 19.1. The van der Waals surface area contributed by atoms with Crippen LogP contribution in [0.1, 0.15) is 23.4 Å². The number of nitrogens with two attached hydrogens (primary N) is 1. The Morgan fingerprint density at radius 3 is 2.64 bits per heavy atom. The van der Waals surface area contributed by atoms with E-state index in [1.165, 1.54) is 6.07 Å². The van der Waals surface area contributed by atoms with Gasteiger partial charge in [0.2, 0.25) is 0 Å². The number of amides is 1. The SMILES string of the molecule is NCC1CCN(C(=O)c2ccc(-c3ccccc3F)o2)CC1. The van der Waals surface area contributed by atoms with Crippen molar-refractivity contribution < 1.29 is 13.6 Å². The van der Waals surface area contributed by atoms with Gasteiger partial charge in [0.05, 0.1) is 5.56 Å². The fraction of sp³-hybridized carbons (Fsp3) is 0.353. The fourth-order valence-electron chi connectivity index (χ4n) is 2.79. The molecule has 0 aliphatic carbocycles. The van der Waals surface area contributed by atoms with E-state index in [4.69, 9.17) is 10.2 Å². The number of halogens is 1. The van der Waals surface area contributed by atoms with Crippen molar-refractivity contribution in [1.82, 2.24) is 4.90 Å². The zero-order valence-corrected chi connectivity index (χ0v) is 12.3. The molecule has 22 heavy (non-hydrogen) atoms. The van der Waals surface area contributed by atoms with Crippen LogP contribution in [0.25, 0.3) is 11.3 Å². The summed E-state index contributed by atoms with van der Waals surface area (Å²) in [6.07, 6.45) is 1.84. The molecule has 5 heteroatoms. The second kappa shape index (κ2) is 6.32. The molecule has 1 fully saturated rings. The molecule has 0 saturated carbocycles. The van der Waals surface area contributed by atoms with Gasteiger partial charge < -0.3 is 15.1 Å². The van der Waals surface area contributed by atoms with E-state index in [0.717, 1.165) is 12.8 Å². The van der Waals surface area contributed by atoms with Gasteiger partial charge in [-0.25, -0.2) is 4.39 Å². The first-order valence-corrected chi connectivity index (χ1v) is 7.53. The Kier molecular flexibility index (Phi) is 4.24. The zero-order chi connectivity index (χ0) is 15.5. The molecule has 1 aromatic carbocycles. The molecule has 2 aromatic rings. The standard InChI is InChI=1S/C17H19FN2O2/c18-14-4-2-1-3-13(14)15-5-6-16(22-15)17(21)20-9-7-12(11-19)8-10-20/h1-6,12H,7-11,19H2. The molecule has 116 valence electrons. The quantitative estimate of drug-likeness (QED) is 0.948. The van der Waals surface area contributed by atoms with Gasteiger partial charge in [0.25, 0.3) is 5.91 Å². The monoisotopic (exact) mass is 302 g/mol. The van der Waals surface area contributed by atoms with Gasteiger partial charge in [-0.3, -0.25) is 4.79 Å². The summed E-state index contributed by atoms with van der Waals surface area (Å²) in [4.78, 5) is 14.2. The Hall–Kier alpha value is -2.14. The van der Waals surface area contributed by atoms with Gasteiger partial charge in [0, 0.05) is 13.1 Å². The van der Waals surface area contributed by atoms with Gasteiger partial charge in [-0.05, 0) is 49.6 Å². The predicted octanol–water partition coefficient (Wildman–Crippen LogP) is 2.90. The Morgan fingerprint density at radius 2 is 1.95 bits per heavy atom. The highest BCUT2D eigenvalue weighted by Crippen LogP contribution is 2.26. The van der Waals surface area contributed by atoms with E-state index in [1.54, 1.807) is 35.2 Å². The van der Waals surface area contributed by atoms with E-state index in [-0.39, 0.29) is 17.5 Å². The normalized spacial score (nSPS) is 16.0. The van der Waals surface area contributed by atoms with Crippen LogP contribution >= 0.6 is 0 Å². The lowest BCUT2D eigenvalue weighted by molar-refractivity contribution is 0.0662. The zero-order valence-electron chi connectivity index (χ0n) is 12.3. The second-order valence-electron chi connectivity index (χ2n) is 5.62. The molecule has 0 atom stereocenters. The van der Waals surface area contributed by atoms with E-state index in [9.17, 15) is 9.18 Å². The number of furan rings is 1. The molecule has 0 radical (unpaired) electrons. The molecule has 0 bridgehead atoms. The van der Waals surface area contributed by atoms with Crippen molar-refractivity contribution in [2.75, 3.05) is 19.6 Å². The Morgan fingerprint density at radius 1 is 1.23 bits per heavy atom. The van der Waals surface area contributed by atoms with Gasteiger partial charge in [-0.15, -0.1) is 0 Å². The lowest BCUT2D eigenvalue weighted by Crippen LogP contribution is -2.39. The summed E-state index contributed by atoms with van der Waals surface area (Å²) in [5, 5.41) is 0. The number of benzene rings is 1. The van der Waals surface area contributed by atoms with Crippen molar-refractivity contribution in [1.29, 1.82) is 0 Å². The first-order chi connectivity index (χ1) is 10.7. The van der Waals surface area contributed by atoms with Gasteiger partial charge in [0.15, 0.2) is 5.76 Å². The minimum absolute atomic E-state index is 0.141. The second-order valence-corrected chi connectivity index (χ2v) is 5.62. The molecule has 1 aliphatic heterocycles. The Balaban J connectivity index is 1.74. The summed E-state index contributed by atoms with van der Waals surface area (Å²) in [6.45, 7) is 2.05. The van der Waals surface area contributed by atoms with Crippen molar-refractivity contribution in [2.24, 2.45) is 11.7 Å². The lowest BCUT2D eigenvalue weighted by Gasteiger charge is -2.30. The van der Waals surface area contributed by atoms with Crippen LogP contribution in [0, 0.1) is 11.7 Å². The van der Waals surface area contributed by atoms with Gasteiger partial charge in [0.1, 0.15) is 11.6 Å². The minimum Gasteiger partial charge on any atom is -0.451 e. The van der Waals surface area contributed by atoms with Crippen LogP contribution in [0.2, 0.25) is 0 Å². The summed E-state index contributed by atoms with van der Waals surface area (Å²) in [6, 6.07) is 9.61. The summed E-state index contributed by atoms with van der Waals surface area (Å²) < 4.78 is 19.3. The Labute approximate surface area is 128 Å². The molecule has 2 N–H and O–H groups in total. The maximum absolute atomic E-state index is 13.8. The van der Waals surface area contributed by atoms with Crippen LogP contribution in [0.15, 0.2) is 40.8 Å². The number of nitrogens with zero attached hydrogens (tertiary/aromatic N) is 1. The molecule has 0 spiro atoms. The van der Waals surface area contributed by atoms with Crippen LogP contribution in [0.5, 0.6) is 0 Å². The van der Waals surface area contributed by atoms with Crippen LogP contribution < -0.4 is 5.73 Å². The van der Waals surface area contributed by atoms with E-state index >= 15 is 0 Å². The molecule has 1 saturated heterocycles. The topological polar surface area (TPSA) is 59.5 Å². The van der Waals surface area contributed by atoms with E-state index in [2.05, 4.69) is 0 Å². The molecule has 1 aromatic heterocycles. The lowest BCUT2D eigenvalue weighted by atomic mass is 9.97. The van der Waals surface area contributed by atoms with Crippen LogP contribution in [0.3, 0.4) is 0 Å². The van der Waals surface area contributed by atoms with Crippen molar-refractivity contribution in [2.45, 2.75) is 12.8 Å². The molecular weight excluding hydrogens is 283 g/mol. The highest BCUT2D eigenvalue weighted by Gasteiger charge is 2.25. The van der Waals surface area contributed by atoms with Gasteiger partial charge in [-0.2, -0.15) is 0 Å². The highest BCUT2D eigenvalue weighted by molar-refractivity contribution is 5.92. The largest absolute Gasteiger partial charge is 0.451 e. The molecule has 3 rings (SSSR count). The number of piperidine rings is 1. The maximum atomic E-state index is 13.8. The molecule has 1 amide bonds. The Bertz CT molecular complexity index is 660. The molecular formula is C17H19FN2O2. The van der Waals surface area contributed by atoms with Crippen molar-refractivity contribution >= 4 is 5.91 Å². The van der Waals surface area contributed by atoms with E-state index in [0.29, 0.717) is 36.9 Å². The average molecular weight is 302 g/mol.